The summed E-state index contributed by atoms with van der Waals surface area (Å²) in [5, 5.41) is 10.7. The van der Waals surface area contributed by atoms with E-state index in [2.05, 4.69) is 32.8 Å². The number of primary amides is 1. The molecule has 8 atom stereocenters. The minimum Gasteiger partial charge on any atom is -0.387 e. The number of aliphatic hydroxyl groups is 1. The SMILES string of the molecule is NC(=O)c1ccc[n+](C(C=O)OC(C=O)COP(=O)(O)OP(=O)(O)OCC2OC(n3cnc4c(N)ncnc43)C(OP(=O)(O)O)C2O)c1.[Na]. The van der Waals surface area contributed by atoms with E-state index in [0.29, 0.717) is 0 Å². The molecule has 8 unspecified atom stereocenters. The Morgan fingerprint density at radius 3 is 2.43 bits per heavy atom. The number of hydrogen-bond donors (Lipinski definition) is 7. The molecule has 0 saturated carbocycles. The molecule has 263 valence electrons. The van der Waals surface area contributed by atoms with Crippen molar-refractivity contribution in [2.24, 2.45) is 5.73 Å². The molecular weight excluding hydrogens is 738 g/mol. The predicted octanol–water partition coefficient (Wildman–Crippen LogP) is -2.62. The summed E-state index contributed by atoms with van der Waals surface area (Å²) >= 11 is 0. The number of nitrogens with zero attached hydrogens (tertiary/aromatic N) is 5. The topological polar surface area (TPSA) is 358 Å². The molecule has 3 aromatic rings. The molecule has 0 aromatic carbocycles. The maximum absolute atomic E-state index is 12.5. The number of pyridine rings is 1. The third-order valence-electron chi connectivity index (χ3n) is 6.23. The number of fused-ring (bicyclic) bond motifs is 1. The number of aromatic nitrogens is 5. The predicted molar refractivity (Wildman–Crippen MR) is 156 cm³/mol. The van der Waals surface area contributed by atoms with Gasteiger partial charge in [-0.05, 0) is 6.07 Å². The van der Waals surface area contributed by atoms with Gasteiger partial charge in [-0.25, -0.2) is 28.6 Å². The summed E-state index contributed by atoms with van der Waals surface area (Å²) in [6.07, 6.45) is -5.58. The first-order valence-corrected chi connectivity index (χ1v) is 17.5. The summed E-state index contributed by atoms with van der Waals surface area (Å²) in [6, 6.07) is 2.67. The van der Waals surface area contributed by atoms with Crippen molar-refractivity contribution in [3.05, 3.63) is 42.7 Å². The van der Waals surface area contributed by atoms with Crippen LogP contribution in [-0.2, 0) is 50.6 Å². The van der Waals surface area contributed by atoms with Gasteiger partial charge in [-0.3, -0.25) is 27.7 Å². The minimum absolute atomic E-state index is 0. The summed E-state index contributed by atoms with van der Waals surface area (Å²) in [7, 11) is -16.4. The second-order valence-electron chi connectivity index (χ2n) is 9.55. The van der Waals surface area contributed by atoms with Gasteiger partial charge in [0.05, 0.1) is 19.5 Å². The fourth-order valence-electron chi connectivity index (χ4n) is 4.18. The average Bonchev–Trinajstić information content (AvgIpc) is 3.56. The zero-order chi connectivity index (χ0) is 35.4. The number of nitrogens with two attached hydrogens (primary N) is 2. The average molecular weight is 765 g/mol. The fourth-order valence-corrected chi connectivity index (χ4v) is 6.82. The molecule has 0 spiro atoms. The van der Waals surface area contributed by atoms with E-state index in [0.717, 1.165) is 28.0 Å². The first-order chi connectivity index (χ1) is 22.4. The van der Waals surface area contributed by atoms with Gasteiger partial charge in [0, 0.05) is 35.6 Å². The largest absolute Gasteiger partial charge is 0.481 e. The summed E-state index contributed by atoms with van der Waals surface area (Å²) < 4.78 is 67.5. The van der Waals surface area contributed by atoms with Crippen molar-refractivity contribution >= 4 is 88.5 Å². The van der Waals surface area contributed by atoms with Crippen LogP contribution in [-0.4, -0.2) is 130 Å². The number of nitrogen functional groups attached to an aromatic ring is 1. The Bertz CT molecular complexity index is 1810. The van der Waals surface area contributed by atoms with E-state index in [1.165, 1.54) is 18.3 Å². The molecule has 0 aliphatic carbocycles. The van der Waals surface area contributed by atoms with Crippen molar-refractivity contribution < 1.29 is 84.7 Å². The van der Waals surface area contributed by atoms with Crippen LogP contribution < -0.4 is 16.0 Å². The van der Waals surface area contributed by atoms with Crippen LogP contribution >= 0.6 is 23.5 Å². The molecule has 1 aliphatic heterocycles. The molecule has 28 heteroatoms. The first-order valence-electron chi connectivity index (χ1n) is 13.0. The second kappa shape index (κ2) is 16.7. The van der Waals surface area contributed by atoms with Crippen LogP contribution in [0.5, 0.6) is 0 Å². The molecule has 0 bridgehead atoms. The Kier molecular flexibility index (Phi) is 14.0. The van der Waals surface area contributed by atoms with Crippen LogP contribution in [0.4, 0.5) is 5.82 Å². The molecule has 9 N–H and O–H groups in total. The van der Waals surface area contributed by atoms with Gasteiger partial charge in [-0.1, -0.05) is 0 Å². The van der Waals surface area contributed by atoms with Crippen LogP contribution in [0.2, 0.25) is 0 Å². The third-order valence-corrected chi connectivity index (χ3v) is 9.35. The van der Waals surface area contributed by atoms with Crippen molar-refractivity contribution in [1.29, 1.82) is 0 Å². The molecule has 1 aliphatic rings. The Morgan fingerprint density at radius 2 is 1.80 bits per heavy atom. The molecule has 3 aromatic heterocycles. The Hall–Kier alpha value is -2.44. The van der Waals surface area contributed by atoms with Crippen LogP contribution in [0.25, 0.3) is 11.2 Å². The van der Waals surface area contributed by atoms with Gasteiger partial charge in [0.25, 0.3) is 5.91 Å². The Balaban J connectivity index is 0.00000650. The van der Waals surface area contributed by atoms with E-state index in [9.17, 15) is 52.8 Å². The first kappa shape index (κ1) is 41.0. The van der Waals surface area contributed by atoms with E-state index in [1.807, 2.05) is 0 Å². The van der Waals surface area contributed by atoms with Gasteiger partial charge in [0.1, 0.15) is 41.8 Å². The molecule has 1 fully saturated rings. The van der Waals surface area contributed by atoms with Crippen molar-refractivity contribution in [2.45, 2.75) is 36.9 Å². The van der Waals surface area contributed by atoms with Gasteiger partial charge in [-0.15, -0.1) is 0 Å². The van der Waals surface area contributed by atoms with Gasteiger partial charge in [-0.2, -0.15) is 8.88 Å². The zero-order valence-electron chi connectivity index (χ0n) is 24.9. The summed E-state index contributed by atoms with van der Waals surface area (Å²) in [4.78, 5) is 84.9. The number of carbonyl (C=O) groups excluding carboxylic acids is 3. The van der Waals surface area contributed by atoms with E-state index >= 15 is 0 Å². The molecule has 1 saturated heterocycles. The van der Waals surface area contributed by atoms with Crippen LogP contribution in [0.1, 0.15) is 22.8 Å². The maximum atomic E-state index is 12.5. The van der Waals surface area contributed by atoms with Crippen LogP contribution in [0, 0.1) is 0 Å². The number of aliphatic hydroxyl groups excluding tert-OH is 1. The van der Waals surface area contributed by atoms with E-state index in [-0.39, 0.29) is 64.7 Å². The molecular formula is C21H27N7NaO17P3+. The van der Waals surface area contributed by atoms with Crippen molar-refractivity contribution in [3.8, 4) is 0 Å². The maximum Gasteiger partial charge on any atom is 0.481 e. The van der Waals surface area contributed by atoms with Gasteiger partial charge < -0.3 is 50.4 Å². The van der Waals surface area contributed by atoms with Gasteiger partial charge >= 0.3 is 29.7 Å². The molecule has 4 rings (SSSR count). The van der Waals surface area contributed by atoms with Crippen LogP contribution in [0.3, 0.4) is 0 Å². The molecule has 1 amide bonds. The number of ether oxygens (including phenoxy) is 2. The molecule has 4 heterocycles. The number of rotatable bonds is 17. The Morgan fingerprint density at radius 1 is 1.10 bits per heavy atom. The monoisotopic (exact) mass is 765 g/mol. The number of carbonyl (C=O) groups is 3. The van der Waals surface area contributed by atoms with Gasteiger partial charge in [0.15, 0.2) is 36.4 Å². The molecule has 49 heavy (non-hydrogen) atoms. The number of anilines is 1. The van der Waals surface area contributed by atoms with E-state index in [1.54, 1.807) is 0 Å². The van der Waals surface area contributed by atoms with Crippen molar-refractivity contribution in [1.82, 2.24) is 19.5 Å². The summed E-state index contributed by atoms with van der Waals surface area (Å²) in [6.45, 7) is -2.20. The minimum atomic E-state index is -5.56. The van der Waals surface area contributed by atoms with Gasteiger partial charge in [0.2, 0.25) is 6.29 Å². The quantitative estimate of drug-likeness (QED) is 0.0320. The third kappa shape index (κ3) is 10.8. The van der Waals surface area contributed by atoms with Crippen LogP contribution in [0.15, 0.2) is 37.2 Å². The second-order valence-corrected chi connectivity index (χ2v) is 13.8. The number of phosphoric acid groups is 3. The number of phosphoric ester groups is 3. The van der Waals surface area contributed by atoms with Crippen molar-refractivity contribution in [2.75, 3.05) is 18.9 Å². The number of imidazole rings is 1. The number of amides is 1. The zero-order valence-corrected chi connectivity index (χ0v) is 29.5. The Labute approximate surface area is 296 Å². The van der Waals surface area contributed by atoms with E-state index < -0.39 is 79.5 Å². The molecule has 1 radical (unpaired) electrons. The smallest absolute Gasteiger partial charge is 0.387 e. The summed E-state index contributed by atoms with van der Waals surface area (Å²) in [5.74, 6) is -0.906. The molecule has 24 nitrogen and oxygen atoms in total. The van der Waals surface area contributed by atoms with Crippen molar-refractivity contribution in [3.63, 3.8) is 0 Å². The fraction of sp³-hybridized carbons (Fsp3) is 0.381. The normalized spacial score (nSPS) is 23.1. The summed E-state index contributed by atoms with van der Waals surface area (Å²) in [5.41, 5.74) is 11.0. The van der Waals surface area contributed by atoms with E-state index in [4.69, 9.17) is 20.9 Å². The number of aldehydes is 2. The number of hydrogen-bond acceptors (Lipinski definition) is 17. The standard InChI is InChI=1S/C21H26N7O17P3.Na/c22-18-15-20(25-9-24-18)28(10-26-15)21-17(44-46(33,34)35)16(31)13(43-21)8-41-48(38,39)45-47(36,37)40-7-12(5-29)42-14(6-30)27-3-1-2-11(4-27)19(23)32;/h1-6,9-10,12-14,16-17,21,31H,7-8H2,(H7-,22,23,24,25,32,33,34,35,36,37,38,39);/p+1.